The zero-order chi connectivity index (χ0) is 18.7. The molecule has 0 aromatic carbocycles. The summed E-state index contributed by atoms with van der Waals surface area (Å²) in [6.07, 6.45) is 6.13. The quantitative estimate of drug-likeness (QED) is 0.221. The summed E-state index contributed by atoms with van der Waals surface area (Å²) < 4.78 is 10.6. The topological polar surface area (TPSA) is 96.9 Å². The molecule has 1 aliphatic rings. The van der Waals surface area contributed by atoms with E-state index in [1.807, 2.05) is 6.92 Å². The molecule has 146 valence electrons. The van der Waals surface area contributed by atoms with Crippen molar-refractivity contribution < 1.29 is 24.3 Å². The molecule has 0 aromatic heterocycles. The lowest BCUT2D eigenvalue weighted by Crippen LogP contribution is -2.45. The third kappa shape index (κ3) is 8.40. The van der Waals surface area contributed by atoms with Crippen molar-refractivity contribution in [3.63, 3.8) is 0 Å². The second kappa shape index (κ2) is 12.5. The maximum absolute atomic E-state index is 12.6. The minimum atomic E-state index is -0.469. The summed E-state index contributed by atoms with van der Waals surface area (Å²) in [6.45, 7) is 5.07. The Bertz CT molecular complexity index is 402. The van der Waals surface area contributed by atoms with Gasteiger partial charge in [-0.25, -0.2) is 5.48 Å². The standard InChI is InChI=1S/C17H32N2O5S/c1-4-23-11-24-10-14(9-15(25-3)17(21)19-22)18-16(20)13-7-5-12(2)6-8-13/h12-15,22H,4-11H2,1-3H3,(H,18,20)(H,19,21). The molecular formula is C17H32N2O5S. The number of carbonyl (C=O) groups excluding carboxylic acids is 2. The molecule has 2 atom stereocenters. The van der Waals surface area contributed by atoms with Crippen LogP contribution in [-0.4, -0.2) is 54.6 Å². The zero-order valence-corrected chi connectivity index (χ0v) is 16.3. The van der Waals surface area contributed by atoms with Crippen molar-refractivity contribution in [2.75, 3.05) is 26.3 Å². The summed E-state index contributed by atoms with van der Waals surface area (Å²) in [5, 5.41) is 11.4. The molecule has 2 amide bonds. The van der Waals surface area contributed by atoms with Crippen molar-refractivity contribution >= 4 is 23.6 Å². The lowest BCUT2D eigenvalue weighted by molar-refractivity contribution is -0.131. The van der Waals surface area contributed by atoms with Crippen LogP contribution in [0.3, 0.4) is 0 Å². The van der Waals surface area contributed by atoms with Crippen LogP contribution in [0.15, 0.2) is 0 Å². The smallest absolute Gasteiger partial charge is 0.256 e. The van der Waals surface area contributed by atoms with Crippen LogP contribution in [0, 0.1) is 11.8 Å². The summed E-state index contributed by atoms with van der Waals surface area (Å²) in [7, 11) is 0. The molecular weight excluding hydrogens is 344 g/mol. The number of thioether (sulfide) groups is 1. The predicted molar refractivity (Wildman–Crippen MR) is 97.3 cm³/mol. The fraction of sp³-hybridized carbons (Fsp3) is 0.882. The number of hydrogen-bond donors (Lipinski definition) is 3. The largest absolute Gasteiger partial charge is 0.356 e. The molecule has 1 saturated carbocycles. The highest BCUT2D eigenvalue weighted by molar-refractivity contribution is 7.99. The van der Waals surface area contributed by atoms with Gasteiger partial charge in [-0.1, -0.05) is 6.92 Å². The lowest BCUT2D eigenvalue weighted by Gasteiger charge is -2.28. The van der Waals surface area contributed by atoms with Gasteiger partial charge in [-0.2, -0.15) is 11.8 Å². The van der Waals surface area contributed by atoms with Crippen molar-refractivity contribution in [3.8, 4) is 0 Å². The monoisotopic (exact) mass is 376 g/mol. The van der Waals surface area contributed by atoms with Gasteiger partial charge in [-0.3, -0.25) is 14.8 Å². The molecule has 8 heteroatoms. The van der Waals surface area contributed by atoms with Crippen LogP contribution < -0.4 is 10.8 Å². The average molecular weight is 377 g/mol. The van der Waals surface area contributed by atoms with E-state index in [1.165, 1.54) is 11.8 Å². The van der Waals surface area contributed by atoms with Gasteiger partial charge in [0.25, 0.3) is 5.91 Å². The van der Waals surface area contributed by atoms with Gasteiger partial charge in [0.15, 0.2) is 0 Å². The van der Waals surface area contributed by atoms with Crippen LogP contribution in [0.5, 0.6) is 0 Å². The second-order valence-corrected chi connectivity index (χ2v) is 7.62. The van der Waals surface area contributed by atoms with Crippen molar-refractivity contribution in [3.05, 3.63) is 0 Å². The van der Waals surface area contributed by atoms with Crippen molar-refractivity contribution in [1.29, 1.82) is 0 Å². The van der Waals surface area contributed by atoms with Crippen LogP contribution >= 0.6 is 11.8 Å². The molecule has 25 heavy (non-hydrogen) atoms. The van der Waals surface area contributed by atoms with Crippen LogP contribution in [0.25, 0.3) is 0 Å². The molecule has 1 rings (SSSR count). The number of ether oxygens (including phenoxy) is 2. The van der Waals surface area contributed by atoms with Crippen molar-refractivity contribution in [1.82, 2.24) is 10.8 Å². The van der Waals surface area contributed by atoms with E-state index in [1.54, 1.807) is 11.7 Å². The van der Waals surface area contributed by atoms with Gasteiger partial charge in [-0.05, 0) is 51.2 Å². The number of carbonyl (C=O) groups is 2. The van der Waals surface area contributed by atoms with E-state index in [4.69, 9.17) is 14.7 Å². The van der Waals surface area contributed by atoms with Gasteiger partial charge in [0.2, 0.25) is 5.91 Å². The first-order valence-electron chi connectivity index (χ1n) is 8.94. The highest BCUT2D eigenvalue weighted by Crippen LogP contribution is 2.28. The Kier molecular flexibility index (Phi) is 11.1. The predicted octanol–water partition coefficient (Wildman–Crippen LogP) is 1.94. The third-order valence-electron chi connectivity index (χ3n) is 4.61. The lowest BCUT2D eigenvalue weighted by atomic mass is 9.82. The Hall–Kier alpha value is -0.830. The number of amides is 2. The first-order chi connectivity index (χ1) is 12.0. The number of rotatable bonds is 11. The molecule has 7 nitrogen and oxygen atoms in total. The Morgan fingerprint density at radius 1 is 1.24 bits per heavy atom. The fourth-order valence-electron chi connectivity index (χ4n) is 2.98. The maximum atomic E-state index is 12.6. The molecule has 0 bridgehead atoms. The molecule has 0 aliphatic heterocycles. The molecule has 0 saturated heterocycles. The van der Waals surface area contributed by atoms with Crippen molar-refractivity contribution in [2.24, 2.45) is 11.8 Å². The number of hydroxylamine groups is 1. The second-order valence-electron chi connectivity index (χ2n) is 6.58. The van der Waals surface area contributed by atoms with Gasteiger partial charge in [0.05, 0.1) is 17.9 Å². The molecule has 0 heterocycles. The highest BCUT2D eigenvalue weighted by Gasteiger charge is 2.28. The normalized spacial score (nSPS) is 22.9. The maximum Gasteiger partial charge on any atom is 0.256 e. The summed E-state index contributed by atoms with van der Waals surface area (Å²) in [5.41, 5.74) is 1.68. The third-order valence-corrected chi connectivity index (χ3v) is 5.58. The van der Waals surface area contributed by atoms with Crippen molar-refractivity contribution in [2.45, 2.75) is 57.2 Å². The minimum absolute atomic E-state index is 0.0289. The van der Waals surface area contributed by atoms with E-state index < -0.39 is 11.2 Å². The molecule has 2 unspecified atom stereocenters. The summed E-state index contributed by atoms with van der Waals surface area (Å²) in [5.74, 6) is 0.276. The Morgan fingerprint density at radius 2 is 1.92 bits per heavy atom. The molecule has 0 aromatic rings. The summed E-state index contributed by atoms with van der Waals surface area (Å²) >= 11 is 1.33. The minimum Gasteiger partial charge on any atom is -0.356 e. The van der Waals surface area contributed by atoms with Crippen LogP contribution in [0.4, 0.5) is 0 Å². The van der Waals surface area contributed by atoms with Gasteiger partial charge >= 0.3 is 0 Å². The van der Waals surface area contributed by atoms with Gasteiger partial charge in [-0.15, -0.1) is 0 Å². The molecule has 0 spiro atoms. The summed E-state index contributed by atoms with van der Waals surface area (Å²) in [4.78, 5) is 24.3. The van der Waals surface area contributed by atoms with Gasteiger partial charge in [0, 0.05) is 12.5 Å². The van der Waals surface area contributed by atoms with E-state index in [0.29, 0.717) is 18.9 Å². The Labute approximate surface area is 154 Å². The van der Waals surface area contributed by atoms with E-state index in [0.717, 1.165) is 25.7 Å². The van der Waals surface area contributed by atoms with Gasteiger partial charge < -0.3 is 14.8 Å². The molecule has 1 fully saturated rings. The van der Waals surface area contributed by atoms with E-state index in [-0.39, 0.29) is 31.3 Å². The Morgan fingerprint density at radius 3 is 2.48 bits per heavy atom. The Balaban J connectivity index is 2.59. The fourth-order valence-corrected chi connectivity index (χ4v) is 3.67. The van der Waals surface area contributed by atoms with E-state index in [2.05, 4.69) is 12.2 Å². The summed E-state index contributed by atoms with van der Waals surface area (Å²) in [6, 6.07) is -0.304. The van der Waals surface area contributed by atoms with E-state index >= 15 is 0 Å². The van der Waals surface area contributed by atoms with Crippen LogP contribution in [0.1, 0.15) is 46.0 Å². The average Bonchev–Trinajstić information content (AvgIpc) is 2.62. The highest BCUT2D eigenvalue weighted by atomic mass is 32.2. The van der Waals surface area contributed by atoms with E-state index in [9.17, 15) is 9.59 Å². The first-order valence-corrected chi connectivity index (χ1v) is 10.2. The molecule has 1 aliphatic carbocycles. The van der Waals surface area contributed by atoms with Crippen LogP contribution in [-0.2, 0) is 19.1 Å². The number of hydrogen-bond acceptors (Lipinski definition) is 6. The zero-order valence-electron chi connectivity index (χ0n) is 15.5. The first kappa shape index (κ1) is 22.2. The molecule has 3 N–H and O–H groups in total. The SMILES string of the molecule is CCOCOCC(CC(SC)C(=O)NO)NC(=O)C1CCC(C)CC1. The van der Waals surface area contributed by atoms with Gasteiger partial charge in [0.1, 0.15) is 6.79 Å². The molecule has 0 radical (unpaired) electrons. The van der Waals surface area contributed by atoms with Crippen LogP contribution in [0.2, 0.25) is 0 Å². The number of nitrogens with one attached hydrogen (secondary N) is 2.